The van der Waals surface area contributed by atoms with Crippen LogP contribution in [0.15, 0.2) is 53.2 Å². The molecule has 1 aliphatic rings. The van der Waals surface area contributed by atoms with Crippen LogP contribution in [-0.4, -0.2) is 34.4 Å². The van der Waals surface area contributed by atoms with Crippen molar-refractivity contribution in [1.82, 2.24) is 14.9 Å². The van der Waals surface area contributed by atoms with E-state index in [0.717, 1.165) is 24.2 Å². The summed E-state index contributed by atoms with van der Waals surface area (Å²) in [5.41, 5.74) is 1.54. The highest BCUT2D eigenvalue weighted by molar-refractivity contribution is 6.30. The molecule has 2 aromatic heterocycles. The molecule has 1 aliphatic heterocycles. The minimum atomic E-state index is -0.184. The SMILES string of the molecule is COc1ncccc1C(=O)N1CCCC1c1ncc(Cc2ccc(Cl)cc2)o1. The Morgan fingerprint density at radius 2 is 2.11 bits per heavy atom. The number of carbonyl (C=O) groups excluding carboxylic acids is 1. The van der Waals surface area contributed by atoms with Crippen LogP contribution in [0.3, 0.4) is 0 Å². The average molecular weight is 398 g/mol. The zero-order valence-electron chi connectivity index (χ0n) is 15.5. The quantitative estimate of drug-likeness (QED) is 0.642. The van der Waals surface area contributed by atoms with Crippen molar-refractivity contribution >= 4 is 17.5 Å². The third kappa shape index (κ3) is 3.73. The Balaban J connectivity index is 1.53. The molecule has 0 N–H and O–H groups in total. The van der Waals surface area contributed by atoms with Crippen LogP contribution in [0, 0.1) is 0 Å². The molecular weight excluding hydrogens is 378 g/mol. The average Bonchev–Trinajstić information content (AvgIpc) is 3.38. The maximum absolute atomic E-state index is 13.1. The first-order valence-electron chi connectivity index (χ1n) is 9.14. The fraction of sp³-hybridized carbons (Fsp3) is 0.286. The first kappa shape index (κ1) is 18.5. The molecule has 144 valence electrons. The van der Waals surface area contributed by atoms with Crippen molar-refractivity contribution in [1.29, 1.82) is 0 Å². The first-order chi connectivity index (χ1) is 13.7. The topological polar surface area (TPSA) is 68.5 Å². The van der Waals surface area contributed by atoms with Crippen molar-refractivity contribution in [2.45, 2.75) is 25.3 Å². The number of likely N-dealkylation sites (tertiary alicyclic amines) is 1. The lowest BCUT2D eigenvalue weighted by atomic mass is 10.1. The number of hydrogen-bond donors (Lipinski definition) is 0. The van der Waals surface area contributed by atoms with Crippen LogP contribution >= 0.6 is 11.6 Å². The predicted molar refractivity (Wildman–Crippen MR) is 105 cm³/mol. The highest BCUT2D eigenvalue weighted by Crippen LogP contribution is 2.34. The molecule has 0 saturated carbocycles. The Morgan fingerprint density at radius 1 is 1.29 bits per heavy atom. The Morgan fingerprint density at radius 3 is 2.89 bits per heavy atom. The van der Waals surface area contributed by atoms with E-state index in [2.05, 4.69) is 9.97 Å². The second-order valence-electron chi connectivity index (χ2n) is 6.68. The summed E-state index contributed by atoms with van der Waals surface area (Å²) in [4.78, 5) is 23.4. The summed E-state index contributed by atoms with van der Waals surface area (Å²) in [5.74, 6) is 1.53. The Bertz CT molecular complexity index is 971. The molecule has 28 heavy (non-hydrogen) atoms. The van der Waals surface area contributed by atoms with Gasteiger partial charge in [-0.3, -0.25) is 4.79 Å². The number of rotatable bonds is 5. The molecule has 3 heterocycles. The molecule has 0 spiro atoms. The van der Waals surface area contributed by atoms with Gasteiger partial charge in [-0.2, -0.15) is 0 Å². The van der Waals surface area contributed by atoms with Gasteiger partial charge in [-0.05, 0) is 42.7 Å². The van der Waals surface area contributed by atoms with Crippen LogP contribution in [0.4, 0.5) is 0 Å². The van der Waals surface area contributed by atoms with Gasteiger partial charge in [0, 0.05) is 24.2 Å². The van der Waals surface area contributed by atoms with Crippen molar-refractivity contribution in [3.63, 3.8) is 0 Å². The third-order valence-electron chi connectivity index (χ3n) is 4.86. The van der Waals surface area contributed by atoms with Gasteiger partial charge in [0.25, 0.3) is 5.91 Å². The van der Waals surface area contributed by atoms with Crippen LogP contribution in [0.5, 0.6) is 5.88 Å². The highest BCUT2D eigenvalue weighted by Gasteiger charge is 2.35. The normalized spacial score (nSPS) is 16.4. The number of amides is 1. The monoisotopic (exact) mass is 397 g/mol. The Kier molecular flexibility index (Phi) is 5.30. The molecule has 1 amide bonds. The van der Waals surface area contributed by atoms with Crippen LogP contribution in [0.2, 0.25) is 5.02 Å². The van der Waals surface area contributed by atoms with Crippen LogP contribution in [0.1, 0.15) is 46.5 Å². The number of nitrogens with zero attached hydrogens (tertiary/aromatic N) is 3. The number of methoxy groups -OCH3 is 1. The lowest BCUT2D eigenvalue weighted by Gasteiger charge is -2.22. The van der Waals surface area contributed by atoms with Crippen molar-refractivity contribution in [2.75, 3.05) is 13.7 Å². The molecule has 3 aromatic rings. The zero-order valence-corrected chi connectivity index (χ0v) is 16.2. The fourth-order valence-electron chi connectivity index (χ4n) is 3.50. The van der Waals surface area contributed by atoms with Crippen molar-refractivity contribution in [3.8, 4) is 5.88 Å². The molecule has 1 atom stereocenters. The largest absolute Gasteiger partial charge is 0.480 e. The molecule has 0 aliphatic carbocycles. The summed E-state index contributed by atoms with van der Waals surface area (Å²) in [5, 5.41) is 0.702. The Labute approximate surface area is 168 Å². The smallest absolute Gasteiger partial charge is 0.260 e. The van der Waals surface area contributed by atoms with Gasteiger partial charge in [0.15, 0.2) is 0 Å². The van der Waals surface area contributed by atoms with Gasteiger partial charge < -0.3 is 14.1 Å². The van der Waals surface area contributed by atoms with Crippen LogP contribution in [0.25, 0.3) is 0 Å². The minimum absolute atomic E-state index is 0.120. The Hall–Kier alpha value is -2.86. The first-order valence-corrected chi connectivity index (χ1v) is 9.52. The number of ether oxygens (including phenoxy) is 1. The van der Waals surface area contributed by atoms with E-state index in [1.165, 1.54) is 7.11 Å². The van der Waals surface area contributed by atoms with E-state index in [1.54, 1.807) is 29.4 Å². The minimum Gasteiger partial charge on any atom is -0.480 e. The summed E-state index contributed by atoms with van der Waals surface area (Å²) >= 11 is 5.94. The zero-order chi connectivity index (χ0) is 19.5. The molecule has 7 heteroatoms. The van der Waals surface area contributed by atoms with E-state index >= 15 is 0 Å². The number of benzene rings is 1. The molecule has 1 fully saturated rings. The van der Waals surface area contributed by atoms with Gasteiger partial charge in [0.05, 0.1) is 13.3 Å². The van der Waals surface area contributed by atoms with E-state index in [1.807, 2.05) is 24.3 Å². The lowest BCUT2D eigenvalue weighted by molar-refractivity contribution is 0.0710. The number of hydrogen-bond acceptors (Lipinski definition) is 5. The van der Waals surface area contributed by atoms with Gasteiger partial charge in [-0.1, -0.05) is 23.7 Å². The summed E-state index contributed by atoms with van der Waals surface area (Å²) in [7, 11) is 1.51. The molecule has 6 nitrogen and oxygen atoms in total. The number of halogens is 1. The standard InChI is InChI=1S/C21H20ClN3O3/c1-27-19-17(4-2-10-23-19)21(26)25-11-3-5-18(25)20-24-13-16(28-20)12-14-6-8-15(22)9-7-14/h2,4,6-10,13,18H,3,5,11-12H2,1H3. The van der Waals surface area contributed by atoms with E-state index in [9.17, 15) is 4.79 Å². The van der Waals surface area contributed by atoms with E-state index < -0.39 is 0 Å². The molecule has 1 aromatic carbocycles. The van der Waals surface area contributed by atoms with Crippen molar-refractivity contribution in [2.24, 2.45) is 0 Å². The second-order valence-corrected chi connectivity index (χ2v) is 7.12. The number of oxazole rings is 1. The van der Waals surface area contributed by atoms with Gasteiger partial charge in [-0.25, -0.2) is 9.97 Å². The maximum Gasteiger partial charge on any atom is 0.260 e. The summed E-state index contributed by atoms with van der Waals surface area (Å²) in [6, 6.07) is 10.9. The fourth-order valence-corrected chi connectivity index (χ4v) is 3.63. The molecule has 0 bridgehead atoms. The van der Waals surface area contributed by atoms with Crippen molar-refractivity contribution < 1.29 is 13.9 Å². The van der Waals surface area contributed by atoms with Crippen LogP contribution < -0.4 is 4.74 Å². The van der Waals surface area contributed by atoms with E-state index in [4.69, 9.17) is 20.8 Å². The molecule has 4 rings (SSSR count). The number of carbonyl (C=O) groups is 1. The van der Waals surface area contributed by atoms with Gasteiger partial charge in [-0.15, -0.1) is 0 Å². The molecule has 0 radical (unpaired) electrons. The lowest BCUT2D eigenvalue weighted by Crippen LogP contribution is -2.31. The number of aromatic nitrogens is 2. The second kappa shape index (κ2) is 8.02. The number of pyridine rings is 1. The molecule has 1 saturated heterocycles. The predicted octanol–water partition coefficient (Wildman–Crippen LogP) is 4.30. The highest BCUT2D eigenvalue weighted by atomic mass is 35.5. The molecular formula is C21H20ClN3O3. The van der Waals surface area contributed by atoms with Crippen LogP contribution in [-0.2, 0) is 6.42 Å². The van der Waals surface area contributed by atoms with Gasteiger partial charge in [0.1, 0.15) is 17.4 Å². The maximum atomic E-state index is 13.1. The third-order valence-corrected chi connectivity index (χ3v) is 5.11. The summed E-state index contributed by atoms with van der Waals surface area (Å²) in [6.07, 6.45) is 5.67. The van der Waals surface area contributed by atoms with E-state index in [-0.39, 0.29) is 11.9 Å². The summed E-state index contributed by atoms with van der Waals surface area (Å²) < 4.78 is 11.2. The van der Waals surface area contributed by atoms with Gasteiger partial charge in [0.2, 0.25) is 11.8 Å². The van der Waals surface area contributed by atoms with Gasteiger partial charge >= 0.3 is 0 Å². The van der Waals surface area contributed by atoms with Crippen molar-refractivity contribution in [3.05, 3.63) is 76.6 Å². The van der Waals surface area contributed by atoms with E-state index in [0.29, 0.717) is 35.3 Å². The summed E-state index contributed by atoms with van der Waals surface area (Å²) in [6.45, 7) is 0.649. The molecule has 1 unspecified atom stereocenters.